The number of nitrogens with one attached hydrogen (secondary N) is 1. The first-order chi connectivity index (χ1) is 20.2. The van der Waals surface area contributed by atoms with Crippen LogP contribution in [0.2, 0.25) is 0 Å². The number of ether oxygens (including phenoxy) is 3. The van der Waals surface area contributed by atoms with Gasteiger partial charge in [0.15, 0.2) is 17.3 Å². The van der Waals surface area contributed by atoms with E-state index >= 15 is 0 Å². The van der Waals surface area contributed by atoms with E-state index in [4.69, 9.17) is 14.2 Å². The highest BCUT2D eigenvalue weighted by atomic mass is 16.7. The van der Waals surface area contributed by atoms with E-state index in [0.717, 1.165) is 79.5 Å². The normalized spacial score (nSPS) is 19.0. The molecular formula is C30H35N7O4. The van der Waals surface area contributed by atoms with Gasteiger partial charge in [-0.3, -0.25) is 14.6 Å². The molecule has 41 heavy (non-hydrogen) atoms. The maximum atomic E-state index is 13.6. The first-order valence-electron chi connectivity index (χ1n) is 14.5. The Labute approximate surface area is 238 Å². The lowest BCUT2D eigenvalue weighted by Crippen LogP contribution is -2.48. The highest BCUT2D eigenvalue weighted by Gasteiger charge is 2.34. The fourth-order valence-corrected chi connectivity index (χ4v) is 6.47. The Morgan fingerprint density at radius 1 is 1.00 bits per heavy atom. The molecule has 4 aromatic rings. The second-order valence-corrected chi connectivity index (χ2v) is 11.2. The second-order valence-electron chi connectivity index (χ2n) is 11.2. The Balaban J connectivity index is 1.20. The van der Waals surface area contributed by atoms with Crippen molar-refractivity contribution in [2.45, 2.75) is 50.7 Å². The molecule has 2 aliphatic heterocycles. The van der Waals surface area contributed by atoms with Gasteiger partial charge in [0.25, 0.3) is 5.56 Å². The standard InChI is InChI=1S/C30H35N7O4/c1-39-23-8-9-25-21(16-23)17-24(30(38)31-25)28(29-32-33-34-37(29)22-5-3-2-4-6-22)36-13-11-35(12-14-36)18-20-7-10-26-27(15-20)41-19-40-26/h7-10,15-17,22,28H,2-6,11-14,18-19H2,1H3,(H,31,38)/t28-/m1/s1. The number of fused-ring (bicyclic) bond motifs is 2. The van der Waals surface area contributed by atoms with Crippen molar-refractivity contribution in [3.63, 3.8) is 0 Å². The zero-order valence-electron chi connectivity index (χ0n) is 23.3. The van der Waals surface area contributed by atoms with E-state index in [1.54, 1.807) is 7.11 Å². The van der Waals surface area contributed by atoms with Gasteiger partial charge in [0.1, 0.15) is 11.8 Å². The number of hydrogen-bond acceptors (Lipinski definition) is 9. The molecule has 0 amide bonds. The number of aromatic amines is 1. The van der Waals surface area contributed by atoms with Crippen LogP contribution in [-0.4, -0.2) is 75.1 Å². The van der Waals surface area contributed by atoms with Crippen molar-refractivity contribution >= 4 is 10.9 Å². The number of nitrogens with zero attached hydrogens (tertiary/aromatic N) is 6. The number of benzene rings is 2. The summed E-state index contributed by atoms with van der Waals surface area (Å²) in [6.45, 7) is 4.38. The monoisotopic (exact) mass is 557 g/mol. The third-order valence-electron chi connectivity index (χ3n) is 8.67. The topological polar surface area (TPSA) is 111 Å². The fourth-order valence-electron chi connectivity index (χ4n) is 6.47. The molecule has 0 unspecified atom stereocenters. The number of aromatic nitrogens is 5. The van der Waals surface area contributed by atoms with E-state index in [-0.39, 0.29) is 24.4 Å². The van der Waals surface area contributed by atoms with Crippen LogP contribution >= 0.6 is 0 Å². The van der Waals surface area contributed by atoms with Gasteiger partial charge in [0.05, 0.1) is 13.2 Å². The molecule has 1 saturated carbocycles. The Kier molecular flexibility index (Phi) is 7.05. The van der Waals surface area contributed by atoms with Gasteiger partial charge in [-0.05, 0) is 65.2 Å². The van der Waals surface area contributed by atoms with Crippen molar-refractivity contribution in [3.8, 4) is 17.2 Å². The number of pyridine rings is 1. The molecule has 1 atom stereocenters. The molecule has 0 spiro atoms. The van der Waals surface area contributed by atoms with Gasteiger partial charge in [-0.15, -0.1) is 5.10 Å². The van der Waals surface area contributed by atoms with E-state index in [9.17, 15) is 4.79 Å². The summed E-state index contributed by atoms with van der Waals surface area (Å²) in [7, 11) is 1.65. The van der Waals surface area contributed by atoms with Gasteiger partial charge in [0, 0.05) is 49.2 Å². The zero-order chi connectivity index (χ0) is 27.8. The van der Waals surface area contributed by atoms with Crippen LogP contribution in [0.3, 0.4) is 0 Å². The Hall–Kier alpha value is -3.96. The average molecular weight is 558 g/mol. The van der Waals surface area contributed by atoms with Gasteiger partial charge in [-0.2, -0.15) is 0 Å². The summed E-state index contributed by atoms with van der Waals surface area (Å²) in [5.41, 5.74) is 2.51. The first kappa shape index (κ1) is 26.0. The summed E-state index contributed by atoms with van der Waals surface area (Å²) in [6, 6.07) is 13.7. The lowest BCUT2D eigenvalue weighted by molar-refractivity contribution is 0.0982. The largest absolute Gasteiger partial charge is 0.497 e. The molecule has 1 N–H and O–H groups in total. The van der Waals surface area contributed by atoms with Crippen molar-refractivity contribution in [3.05, 3.63) is 69.8 Å². The van der Waals surface area contributed by atoms with Gasteiger partial charge in [-0.25, -0.2) is 4.68 Å². The lowest BCUT2D eigenvalue weighted by Gasteiger charge is -2.39. The number of methoxy groups -OCH3 is 1. The maximum Gasteiger partial charge on any atom is 0.253 e. The van der Waals surface area contributed by atoms with Gasteiger partial charge in [-0.1, -0.05) is 25.3 Å². The van der Waals surface area contributed by atoms with Gasteiger partial charge in [0.2, 0.25) is 6.79 Å². The van der Waals surface area contributed by atoms with Crippen LogP contribution in [0.1, 0.15) is 61.1 Å². The molecule has 11 heteroatoms. The number of rotatable bonds is 7. The lowest BCUT2D eigenvalue weighted by atomic mass is 9.95. The summed E-state index contributed by atoms with van der Waals surface area (Å²) < 4.78 is 18.5. The van der Waals surface area contributed by atoms with E-state index in [1.165, 1.54) is 24.8 Å². The molecule has 214 valence electrons. The molecule has 2 fully saturated rings. The predicted molar refractivity (Wildman–Crippen MR) is 152 cm³/mol. The summed E-state index contributed by atoms with van der Waals surface area (Å²) in [5.74, 6) is 3.10. The number of tetrazole rings is 1. The van der Waals surface area contributed by atoms with Crippen molar-refractivity contribution < 1.29 is 14.2 Å². The van der Waals surface area contributed by atoms with Gasteiger partial charge < -0.3 is 19.2 Å². The van der Waals surface area contributed by atoms with Crippen LogP contribution in [0.4, 0.5) is 0 Å². The van der Waals surface area contributed by atoms with Crippen LogP contribution < -0.4 is 19.8 Å². The predicted octanol–water partition coefficient (Wildman–Crippen LogP) is 3.66. The quantitative estimate of drug-likeness (QED) is 0.364. The van der Waals surface area contributed by atoms with Crippen LogP contribution in [0.15, 0.2) is 47.3 Å². The molecule has 4 heterocycles. The minimum absolute atomic E-state index is 0.117. The minimum Gasteiger partial charge on any atom is -0.497 e. The van der Waals surface area contributed by atoms with Crippen LogP contribution in [0.25, 0.3) is 10.9 Å². The van der Waals surface area contributed by atoms with E-state index in [1.807, 2.05) is 35.0 Å². The summed E-state index contributed by atoms with van der Waals surface area (Å²) in [4.78, 5) is 21.5. The van der Waals surface area contributed by atoms with Crippen molar-refractivity contribution in [2.24, 2.45) is 0 Å². The first-order valence-corrected chi connectivity index (χ1v) is 14.5. The number of H-pyrrole nitrogens is 1. The zero-order valence-corrected chi connectivity index (χ0v) is 23.3. The smallest absolute Gasteiger partial charge is 0.253 e. The van der Waals surface area contributed by atoms with Crippen molar-refractivity contribution in [1.82, 2.24) is 35.0 Å². The molecule has 7 rings (SSSR count). The molecule has 2 aromatic carbocycles. The number of hydrogen-bond donors (Lipinski definition) is 1. The van der Waals surface area contributed by atoms with Crippen LogP contribution in [-0.2, 0) is 6.54 Å². The molecule has 1 aliphatic carbocycles. The van der Waals surface area contributed by atoms with E-state index in [2.05, 4.69) is 42.4 Å². The molecule has 1 saturated heterocycles. The summed E-state index contributed by atoms with van der Waals surface area (Å²) in [6.07, 6.45) is 5.70. The summed E-state index contributed by atoms with van der Waals surface area (Å²) in [5, 5.41) is 14.1. The number of piperazine rings is 1. The van der Waals surface area contributed by atoms with Crippen molar-refractivity contribution in [2.75, 3.05) is 40.1 Å². The Bertz CT molecular complexity index is 1590. The van der Waals surface area contributed by atoms with Crippen LogP contribution in [0, 0.1) is 0 Å². The average Bonchev–Trinajstić information content (AvgIpc) is 3.68. The maximum absolute atomic E-state index is 13.6. The minimum atomic E-state index is -0.362. The molecule has 11 nitrogen and oxygen atoms in total. The highest BCUT2D eigenvalue weighted by molar-refractivity contribution is 5.80. The molecule has 3 aliphatic rings. The Morgan fingerprint density at radius 3 is 2.66 bits per heavy atom. The highest BCUT2D eigenvalue weighted by Crippen LogP contribution is 2.35. The third-order valence-corrected chi connectivity index (χ3v) is 8.67. The Morgan fingerprint density at radius 2 is 1.83 bits per heavy atom. The van der Waals surface area contributed by atoms with Gasteiger partial charge >= 0.3 is 0 Å². The second kappa shape index (κ2) is 11.1. The molecule has 2 aromatic heterocycles. The molecular weight excluding hydrogens is 522 g/mol. The van der Waals surface area contributed by atoms with E-state index in [0.29, 0.717) is 5.56 Å². The molecule has 0 bridgehead atoms. The third kappa shape index (κ3) is 5.15. The fraction of sp³-hybridized carbons (Fsp3) is 0.467. The summed E-state index contributed by atoms with van der Waals surface area (Å²) >= 11 is 0. The van der Waals surface area contributed by atoms with Crippen LogP contribution in [0.5, 0.6) is 17.2 Å². The van der Waals surface area contributed by atoms with Crippen molar-refractivity contribution in [1.29, 1.82) is 0 Å². The SMILES string of the molecule is COc1ccc2[nH]c(=O)c([C@H](c3nnnn3C3CCCCC3)N3CCN(Cc4ccc5c(c4)OCO5)CC3)cc2c1. The molecule has 0 radical (unpaired) electrons. The van der Waals surface area contributed by atoms with E-state index < -0.39 is 0 Å².